The number of rotatable bonds is 1. The largest absolute Gasteiger partial charge is 0.386 e. The van der Waals surface area contributed by atoms with Crippen molar-refractivity contribution in [3.63, 3.8) is 0 Å². The van der Waals surface area contributed by atoms with E-state index in [4.69, 9.17) is 9.72 Å². The average molecular weight is 404 g/mol. The van der Waals surface area contributed by atoms with Crippen LogP contribution >= 0.6 is 0 Å². The van der Waals surface area contributed by atoms with E-state index in [2.05, 4.69) is 32.1 Å². The number of fused-ring (bicyclic) bond motifs is 6. The molecule has 0 unspecified atom stereocenters. The summed E-state index contributed by atoms with van der Waals surface area (Å²) in [5, 5.41) is 14.0. The third kappa shape index (κ3) is 2.61. The van der Waals surface area contributed by atoms with Crippen LogP contribution in [0.3, 0.4) is 0 Å². The molecule has 0 radical (unpaired) electrons. The van der Waals surface area contributed by atoms with Gasteiger partial charge in [-0.05, 0) is 30.5 Å². The highest BCUT2D eigenvalue weighted by atomic mass is 16.5. The summed E-state index contributed by atoms with van der Waals surface area (Å²) in [6, 6.07) is 5.58. The van der Waals surface area contributed by atoms with Crippen molar-refractivity contribution in [2.75, 3.05) is 17.7 Å². The van der Waals surface area contributed by atoms with Gasteiger partial charge in [0.2, 0.25) is 0 Å². The molecule has 1 fully saturated rings. The number of pyridine rings is 2. The van der Waals surface area contributed by atoms with Gasteiger partial charge in [0.25, 0.3) is 0 Å². The standard InChI is InChI=1S/C20H20N8O2/c1-21-14-7-17-24-13-6-11(8-28-15(13)4-5-23-28)9-30-16-3-2-12(16)25-20(29)27-10-22-18(14)19(27)26-17/h4-8,10,12,16H,2-3,9H2,1H3,(H,25,29)(H2,21,24,26)/t12-,16-/m1/s1. The minimum Gasteiger partial charge on any atom is -0.386 e. The zero-order valence-corrected chi connectivity index (χ0v) is 16.3. The van der Waals surface area contributed by atoms with Crippen molar-refractivity contribution in [1.82, 2.24) is 29.5 Å². The number of carbonyl (C=O) groups excluding carboxylic acids is 1. The van der Waals surface area contributed by atoms with E-state index in [1.165, 1.54) is 10.9 Å². The molecule has 152 valence electrons. The normalized spacial score (nSPS) is 20.9. The fraction of sp³-hybridized carbons (Fsp3) is 0.300. The smallest absolute Gasteiger partial charge is 0.328 e. The van der Waals surface area contributed by atoms with Gasteiger partial charge in [0, 0.05) is 19.3 Å². The first-order valence-corrected chi connectivity index (χ1v) is 9.91. The molecule has 1 aliphatic heterocycles. The van der Waals surface area contributed by atoms with E-state index >= 15 is 0 Å². The lowest BCUT2D eigenvalue weighted by molar-refractivity contribution is -0.0324. The quantitative estimate of drug-likeness (QED) is 0.447. The van der Waals surface area contributed by atoms with Crippen LogP contribution in [0.4, 0.5) is 22.0 Å². The van der Waals surface area contributed by atoms with E-state index in [0.717, 1.165) is 35.3 Å². The van der Waals surface area contributed by atoms with Gasteiger partial charge >= 0.3 is 6.03 Å². The van der Waals surface area contributed by atoms with Gasteiger partial charge in [-0.2, -0.15) is 5.10 Å². The lowest BCUT2D eigenvalue weighted by atomic mass is 9.89. The molecule has 3 N–H and O–H groups in total. The second-order valence-corrected chi connectivity index (χ2v) is 7.62. The summed E-state index contributed by atoms with van der Waals surface area (Å²) in [5.41, 5.74) is 4.67. The first kappa shape index (κ1) is 17.2. The fourth-order valence-electron chi connectivity index (χ4n) is 4.06. The Hall–Kier alpha value is -3.66. The van der Waals surface area contributed by atoms with Crippen LogP contribution in [-0.2, 0) is 11.3 Å². The van der Waals surface area contributed by atoms with Gasteiger partial charge in [-0.25, -0.2) is 23.8 Å². The number of hydrogen-bond donors (Lipinski definition) is 3. The molecule has 30 heavy (non-hydrogen) atoms. The van der Waals surface area contributed by atoms with Crippen LogP contribution < -0.4 is 16.0 Å². The van der Waals surface area contributed by atoms with Gasteiger partial charge in [-0.3, -0.25) is 0 Å². The summed E-state index contributed by atoms with van der Waals surface area (Å²) < 4.78 is 9.39. The van der Waals surface area contributed by atoms with E-state index in [-0.39, 0.29) is 18.2 Å². The molecule has 0 saturated heterocycles. The van der Waals surface area contributed by atoms with Gasteiger partial charge in [0.15, 0.2) is 5.65 Å². The van der Waals surface area contributed by atoms with Gasteiger partial charge < -0.3 is 20.7 Å². The summed E-state index contributed by atoms with van der Waals surface area (Å²) in [6.07, 6.45) is 7.00. The maximum absolute atomic E-state index is 12.9. The van der Waals surface area contributed by atoms with Crippen molar-refractivity contribution in [3.8, 4) is 0 Å². The van der Waals surface area contributed by atoms with Crippen molar-refractivity contribution in [3.05, 3.63) is 42.5 Å². The number of aromatic nitrogens is 5. The van der Waals surface area contributed by atoms with Crippen molar-refractivity contribution in [1.29, 1.82) is 0 Å². The second kappa shape index (κ2) is 6.42. The third-order valence-corrected chi connectivity index (χ3v) is 5.80. The Morgan fingerprint density at radius 2 is 2.23 bits per heavy atom. The van der Waals surface area contributed by atoms with Gasteiger partial charge in [0.05, 0.1) is 41.8 Å². The van der Waals surface area contributed by atoms with Crippen LogP contribution in [0.15, 0.2) is 36.9 Å². The number of ether oxygens (including phenoxy) is 1. The molecule has 6 rings (SSSR count). The summed E-state index contributed by atoms with van der Waals surface area (Å²) in [6.45, 7) is 0.437. The lowest BCUT2D eigenvalue weighted by Gasteiger charge is -2.36. The van der Waals surface area contributed by atoms with Crippen LogP contribution in [0.25, 0.3) is 16.7 Å². The molecule has 1 amide bonds. The number of nitrogens with one attached hydrogen (secondary N) is 3. The minimum atomic E-state index is -0.253. The van der Waals surface area contributed by atoms with Crippen LogP contribution in [-0.4, -0.2) is 49.4 Å². The second-order valence-electron chi connectivity index (χ2n) is 7.62. The highest BCUT2D eigenvalue weighted by Crippen LogP contribution is 2.30. The minimum absolute atomic E-state index is 0.0206. The van der Waals surface area contributed by atoms with Crippen LogP contribution in [0, 0.1) is 0 Å². The SMILES string of the molecule is CNc1cc2nc3c1ncn3C(=O)N[C@@H]1CC[C@H]1OCc1cc(c3ccnn3c1)N2. The molecular weight excluding hydrogens is 384 g/mol. The number of hydrogen-bond acceptors (Lipinski definition) is 7. The topological polar surface area (TPSA) is 110 Å². The zero-order chi connectivity index (χ0) is 20.2. The molecule has 0 aromatic carbocycles. The Morgan fingerprint density at radius 1 is 1.30 bits per heavy atom. The monoisotopic (exact) mass is 404 g/mol. The van der Waals surface area contributed by atoms with Crippen LogP contribution in [0.5, 0.6) is 0 Å². The summed E-state index contributed by atoms with van der Waals surface area (Å²) in [7, 11) is 1.82. The van der Waals surface area contributed by atoms with Gasteiger partial charge in [-0.15, -0.1) is 0 Å². The van der Waals surface area contributed by atoms with Gasteiger partial charge in [-0.1, -0.05) is 0 Å². The summed E-state index contributed by atoms with van der Waals surface area (Å²) in [5.74, 6) is 0.598. The first-order valence-electron chi connectivity index (χ1n) is 9.91. The lowest BCUT2D eigenvalue weighted by Crippen LogP contribution is -2.52. The van der Waals surface area contributed by atoms with E-state index in [1.807, 2.05) is 29.9 Å². The Kier molecular flexibility index (Phi) is 3.69. The number of nitrogens with zero attached hydrogens (tertiary/aromatic N) is 5. The Labute approximate surface area is 171 Å². The summed E-state index contributed by atoms with van der Waals surface area (Å²) >= 11 is 0. The number of imidazole rings is 1. The number of carbonyl (C=O) groups is 1. The molecule has 4 aromatic heterocycles. The molecule has 0 spiro atoms. The molecule has 2 atom stereocenters. The molecule has 4 aromatic rings. The Balaban J connectivity index is 1.55. The maximum atomic E-state index is 12.9. The molecule has 1 saturated carbocycles. The molecular formula is C20H20N8O2. The molecule has 10 heteroatoms. The Bertz CT molecular complexity index is 1290. The maximum Gasteiger partial charge on any atom is 0.328 e. The van der Waals surface area contributed by atoms with Crippen LogP contribution in [0.2, 0.25) is 0 Å². The predicted octanol–water partition coefficient (Wildman–Crippen LogP) is 2.48. The van der Waals surface area contributed by atoms with Gasteiger partial charge in [0.1, 0.15) is 17.7 Å². The van der Waals surface area contributed by atoms with Crippen molar-refractivity contribution < 1.29 is 9.53 Å². The number of amides is 1. The van der Waals surface area contributed by atoms with E-state index in [1.54, 1.807) is 6.20 Å². The molecule has 5 heterocycles. The highest BCUT2D eigenvalue weighted by molar-refractivity contribution is 5.95. The first-order chi connectivity index (χ1) is 14.7. The van der Waals surface area contributed by atoms with Crippen molar-refractivity contribution in [2.45, 2.75) is 31.6 Å². The van der Waals surface area contributed by atoms with Crippen molar-refractivity contribution in [2.24, 2.45) is 0 Å². The van der Waals surface area contributed by atoms with Crippen molar-refractivity contribution >= 4 is 39.9 Å². The zero-order valence-electron chi connectivity index (χ0n) is 16.3. The van der Waals surface area contributed by atoms with Crippen LogP contribution in [0.1, 0.15) is 18.4 Å². The van der Waals surface area contributed by atoms with E-state index < -0.39 is 0 Å². The highest BCUT2D eigenvalue weighted by Gasteiger charge is 2.34. The molecule has 2 aliphatic rings. The Morgan fingerprint density at radius 3 is 3.07 bits per heavy atom. The molecule has 4 bridgehead atoms. The average Bonchev–Trinajstić information content (AvgIpc) is 3.37. The third-order valence-electron chi connectivity index (χ3n) is 5.80. The van der Waals surface area contributed by atoms with E-state index in [0.29, 0.717) is 23.6 Å². The van der Waals surface area contributed by atoms with E-state index in [9.17, 15) is 4.79 Å². The predicted molar refractivity (Wildman–Crippen MR) is 111 cm³/mol. The molecule has 1 aliphatic carbocycles. The molecule has 10 nitrogen and oxygen atoms in total. The number of anilines is 3. The summed E-state index contributed by atoms with van der Waals surface area (Å²) in [4.78, 5) is 22.0. The fourth-order valence-corrected chi connectivity index (χ4v) is 4.06.